The molecule has 0 N–H and O–H groups in total. The lowest BCUT2D eigenvalue weighted by Crippen LogP contribution is -2.38. The Morgan fingerprint density at radius 2 is 2.16 bits per heavy atom. The van der Waals surface area contributed by atoms with Gasteiger partial charge in [-0.2, -0.15) is 4.57 Å². The third kappa shape index (κ3) is 3.86. The van der Waals surface area contributed by atoms with Crippen LogP contribution >= 0.6 is 0 Å². The molecule has 5 nitrogen and oxygen atoms in total. The second-order valence-corrected chi connectivity index (χ2v) is 4.15. The summed E-state index contributed by atoms with van der Waals surface area (Å²) in [4.78, 5) is 12.0. The van der Waals surface area contributed by atoms with Crippen LogP contribution in [0.2, 0.25) is 0 Å². The molecule has 1 aliphatic heterocycles. The highest BCUT2D eigenvalue weighted by molar-refractivity contribution is 5.32. The standard InChI is InChI=1S/C14H16N3O2/c1-13-4-2-3-7-17(13)12-19-11-16-8-5-14(6-9-16)10-15-18/h2-10H,11-12H2,1H3/q+1. The minimum absolute atomic E-state index is 0.454. The Morgan fingerprint density at radius 3 is 2.84 bits per heavy atom. The Labute approximate surface area is 112 Å². The van der Waals surface area contributed by atoms with E-state index in [1.807, 2.05) is 65.3 Å². The highest BCUT2D eigenvalue weighted by Crippen LogP contribution is 2.09. The molecule has 1 aromatic rings. The molecule has 0 radical (unpaired) electrons. The van der Waals surface area contributed by atoms with Gasteiger partial charge in [0.15, 0.2) is 11.9 Å². The zero-order valence-electron chi connectivity index (χ0n) is 10.8. The number of ether oxygens (including phenoxy) is 1. The van der Waals surface area contributed by atoms with Crippen molar-refractivity contribution in [2.45, 2.75) is 13.7 Å². The van der Waals surface area contributed by atoms with Crippen LogP contribution in [0.3, 0.4) is 0 Å². The van der Waals surface area contributed by atoms with Crippen molar-refractivity contribution in [3.8, 4) is 0 Å². The number of hydrogen-bond acceptors (Lipinski definition) is 4. The van der Waals surface area contributed by atoms with Crippen molar-refractivity contribution in [3.63, 3.8) is 0 Å². The molecule has 0 atom stereocenters. The van der Waals surface area contributed by atoms with Crippen LogP contribution in [0.1, 0.15) is 5.69 Å². The number of nitrogens with zero attached hydrogens (tertiary/aromatic N) is 3. The van der Waals surface area contributed by atoms with Gasteiger partial charge in [-0.25, -0.2) is 0 Å². The number of aryl methyl sites for hydroxylation is 1. The predicted molar refractivity (Wildman–Crippen MR) is 71.3 cm³/mol. The second kappa shape index (κ2) is 6.61. The molecule has 0 fully saturated rings. The average Bonchev–Trinajstić information content (AvgIpc) is 2.43. The third-order valence-electron chi connectivity index (χ3n) is 2.76. The maximum absolute atomic E-state index is 10.1. The van der Waals surface area contributed by atoms with E-state index < -0.39 is 0 Å². The van der Waals surface area contributed by atoms with Crippen LogP contribution in [-0.2, 0) is 11.5 Å². The van der Waals surface area contributed by atoms with Gasteiger partial charge < -0.3 is 9.64 Å². The van der Waals surface area contributed by atoms with E-state index in [9.17, 15) is 4.91 Å². The highest BCUT2D eigenvalue weighted by atomic mass is 16.5. The monoisotopic (exact) mass is 258 g/mol. The lowest BCUT2D eigenvalue weighted by atomic mass is 10.2. The zero-order chi connectivity index (χ0) is 13.5. The average molecular weight is 258 g/mol. The molecule has 0 saturated heterocycles. The molecule has 0 bridgehead atoms. The smallest absolute Gasteiger partial charge is 0.254 e. The minimum atomic E-state index is 0.454. The van der Waals surface area contributed by atoms with Crippen LogP contribution in [0.4, 0.5) is 0 Å². The van der Waals surface area contributed by atoms with Crippen molar-refractivity contribution in [2.75, 3.05) is 6.73 Å². The van der Waals surface area contributed by atoms with Crippen molar-refractivity contribution in [1.29, 1.82) is 0 Å². The Balaban J connectivity index is 1.80. The van der Waals surface area contributed by atoms with E-state index in [1.165, 1.54) is 6.20 Å². The molecule has 2 heterocycles. The first-order valence-corrected chi connectivity index (χ1v) is 5.97. The van der Waals surface area contributed by atoms with Gasteiger partial charge >= 0.3 is 0 Å². The van der Waals surface area contributed by atoms with E-state index in [4.69, 9.17) is 4.74 Å². The molecule has 0 aromatic carbocycles. The van der Waals surface area contributed by atoms with Crippen LogP contribution in [0.15, 0.2) is 65.9 Å². The summed E-state index contributed by atoms with van der Waals surface area (Å²) >= 11 is 0. The number of hydrogen-bond donors (Lipinski definition) is 0. The van der Waals surface area contributed by atoms with Gasteiger partial charge in [0.05, 0.1) is 6.20 Å². The van der Waals surface area contributed by atoms with Crippen molar-refractivity contribution in [1.82, 2.24) is 4.90 Å². The first-order chi connectivity index (χ1) is 9.29. The molecule has 0 unspecified atom stereocenters. The SMILES string of the molecule is Cc1cccc[n+]1COCN1C=CC(=CN=O)C=C1. The fraction of sp³-hybridized carbons (Fsp3) is 0.214. The van der Waals surface area contributed by atoms with Gasteiger partial charge in [0.1, 0.15) is 6.73 Å². The molecule has 1 aliphatic rings. The lowest BCUT2D eigenvalue weighted by Gasteiger charge is -2.17. The summed E-state index contributed by atoms with van der Waals surface area (Å²) in [5, 5.41) is 2.73. The molecule has 0 amide bonds. The third-order valence-corrected chi connectivity index (χ3v) is 2.76. The Morgan fingerprint density at radius 1 is 1.37 bits per heavy atom. The van der Waals surface area contributed by atoms with Crippen LogP contribution in [0, 0.1) is 11.8 Å². The van der Waals surface area contributed by atoms with E-state index >= 15 is 0 Å². The van der Waals surface area contributed by atoms with E-state index in [1.54, 1.807) is 0 Å². The number of aromatic nitrogens is 1. The van der Waals surface area contributed by atoms with Gasteiger partial charge in [-0.1, -0.05) is 6.07 Å². The number of pyridine rings is 1. The Bertz CT molecular complexity index is 519. The summed E-state index contributed by atoms with van der Waals surface area (Å²) in [5.74, 6) is 0. The van der Waals surface area contributed by atoms with Crippen LogP contribution in [0.25, 0.3) is 0 Å². The highest BCUT2D eigenvalue weighted by Gasteiger charge is 2.05. The molecule has 0 saturated carbocycles. The van der Waals surface area contributed by atoms with Gasteiger partial charge in [0.2, 0.25) is 0 Å². The van der Waals surface area contributed by atoms with Crippen LogP contribution in [-0.4, -0.2) is 11.6 Å². The topological polar surface area (TPSA) is 45.8 Å². The first kappa shape index (κ1) is 13.2. The molecule has 0 spiro atoms. The molecule has 0 aliphatic carbocycles. The normalized spacial score (nSPS) is 13.7. The molecular weight excluding hydrogens is 242 g/mol. The second-order valence-electron chi connectivity index (χ2n) is 4.15. The first-order valence-electron chi connectivity index (χ1n) is 5.97. The Hall–Kier alpha value is -2.27. The number of allylic oxidation sites excluding steroid dienone is 3. The number of rotatable bonds is 5. The van der Waals surface area contributed by atoms with Crippen molar-refractivity contribution in [2.24, 2.45) is 5.18 Å². The fourth-order valence-electron chi connectivity index (χ4n) is 1.65. The summed E-state index contributed by atoms with van der Waals surface area (Å²) in [6.45, 7) is 2.99. The predicted octanol–water partition coefficient (Wildman–Crippen LogP) is 2.21. The van der Waals surface area contributed by atoms with E-state index in [0.29, 0.717) is 13.5 Å². The van der Waals surface area contributed by atoms with Gasteiger partial charge in [-0.15, -0.1) is 4.91 Å². The molecule has 98 valence electrons. The summed E-state index contributed by atoms with van der Waals surface area (Å²) in [6.07, 6.45) is 10.6. The zero-order valence-corrected chi connectivity index (χ0v) is 10.8. The van der Waals surface area contributed by atoms with E-state index in [2.05, 4.69) is 5.18 Å². The van der Waals surface area contributed by atoms with E-state index in [-0.39, 0.29) is 0 Å². The minimum Gasteiger partial charge on any atom is -0.331 e. The largest absolute Gasteiger partial charge is 0.331 e. The van der Waals surface area contributed by atoms with Gasteiger partial charge in [0, 0.05) is 31.5 Å². The molecular formula is C14H16N3O2+. The Kier molecular flexibility index (Phi) is 4.58. The van der Waals surface area contributed by atoms with Crippen molar-refractivity contribution in [3.05, 3.63) is 71.3 Å². The van der Waals surface area contributed by atoms with Crippen LogP contribution < -0.4 is 4.57 Å². The lowest BCUT2D eigenvalue weighted by molar-refractivity contribution is -0.738. The molecule has 19 heavy (non-hydrogen) atoms. The summed E-state index contributed by atoms with van der Waals surface area (Å²) in [5.41, 5.74) is 1.93. The quantitative estimate of drug-likeness (QED) is 0.601. The van der Waals surface area contributed by atoms with Crippen molar-refractivity contribution < 1.29 is 9.30 Å². The number of nitroso groups, excluding NO2 is 1. The molecule has 1 aromatic heterocycles. The molecule has 2 rings (SSSR count). The maximum Gasteiger partial charge on any atom is 0.254 e. The van der Waals surface area contributed by atoms with Crippen LogP contribution in [0.5, 0.6) is 0 Å². The summed E-state index contributed by atoms with van der Waals surface area (Å²) in [7, 11) is 0. The van der Waals surface area contributed by atoms with Gasteiger partial charge in [-0.3, -0.25) is 0 Å². The maximum atomic E-state index is 10.1. The van der Waals surface area contributed by atoms with Crippen molar-refractivity contribution >= 4 is 0 Å². The molecule has 5 heteroatoms. The fourth-order valence-corrected chi connectivity index (χ4v) is 1.65. The van der Waals surface area contributed by atoms with Gasteiger partial charge in [-0.05, 0) is 22.9 Å². The summed E-state index contributed by atoms with van der Waals surface area (Å²) in [6, 6.07) is 6.00. The van der Waals surface area contributed by atoms with E-state index in [0.717, 1.165) is 11.3 Å². The van der Waals surface area contributed by atoms with Gasteiger partial charge in [0.25, 0.3) is 6.73 Å². The summed E-state index contributed by atoms with van der Waals surface area (Å²) < 4.78 is 7.64.